The van der Waals surface area contributed by atoms with Gasteiger partial charge in [0.1, 0.15) is 11.6 Å². The molecule has 1 N–H and O–H groups in total. The van der Waals surface area contributed by atoms with Crippen LogP contribution in [-0.2, 0) is 11.3 Å². The standard InChI is InChI=1S/C17H18BrFN2O2/c1-21(10-12-9-13(18)7-8-16(12)23-2)11-17(22)20-15-6-4-3-5-14(15)19/h3-9H,10-11H2,1-2H3,(H,20,22). The van der Waals surface area contributed by atoms with E-state index in [-0.39, 0.29) is 18.1 Å². The number of likely N-dealkylation sites (N-methyl/N-ethyl adjacent to an activating group) is 1. The molecule has 2 rings (SSSR count). The highest BCUT2D eigenvalue weighted by atomic mass is 79.9. The Morgan fingerprint density at radius 3 is 2.74 bits per heavy atom. The smallest absolute Gasteiger partial charge is 0.238 e. The van der Waals surface area contributed by atoms with Crippen LogP contribution in [0.15, 0.2) is 46.9 Å². The summed E-state index contributed by atoms with van der Waals surface area (Å²) < 4.78 is 19.8. The van der Waals surface area contributed by atoms with E-state index < -0.39 is 5.82 Å². The molecule has 0 unspecified atom stereocenters. The predicted octanol–water partition coefficient (Wildman–Crippen LogP) is 3.67. The third-order valence-corrected chi connectivity index (χ3v) is 3.74. The quantitative estimate of drug-likeness (QED) is 0.831. The monoisotopic (exact) mass is 380 g/mol. The molecule has 0 aromatic heterocycles. The molecule has 122 valence electrons. The number of rotatable bonds is 6. The van der Waals surface area contributed by atoms with Crippen LogP contribution in [0.1, 0.15) is 5.56 Å². The summed E-state index contributed by atoms with van der Waals surface area (Å²) in [5.41, 5.74) is 1.15. The van der Waals surface area contributed by atoms with Gasteiger partial charge in [0, 0.05) is 16.6 Å². The molecule has 23 heavy (non-hydrogen) atoms. The fourth-order valence-corrected chi connectivity index (χ4v) is 2.62. The first kappa shape index (κ1) is 17.4. The van der Waals surface area contributed by atoms with Crippen LogP contribution >= 0.6 is 15.9 Å². The second kappa shape index (κ2) is 8.08. The van der Waals surface area contributed by atoms with Gasteiger partial charge in [-0.25, -0.2) is 4.39 Å². The van der Waals surface area contributed by atoms with Crippen LogP contribution in [0.3, 0.4) is 0 Å². The molecule has 2 aromatic carbocycles. The van der Waals surface area contributed by atoms with Crippen molar-refractivity contribution in [3.63, 3.8) is 0 Å². The van der Waals surface area contributed by atoms with Gasteiger partial charge in [-0.05, 0) is 37.4 Å². The summed E-state index contributed by atoms with van der Waals surface area (Å²) in [6.45, 7) is 0.678. The summed E-state index contributed by atoms with van der Waals surface area (Å²) in [6, 6.07) is 11.8. The van der Waals surface area contributed by atoms with Crippen LogP contribution in [0.5, 0.6) is 5.75 Å². The van der Waals surface area contributed by atoms with Gasteiger partial charge in [0.15, 0.2) is 0 Å². The second-order valence-corrected chi connectivity index (χ2v) is 6.07. The number of ether oxygens (including phenoxy) is 1. The van der Waals surface area contributed by atoms with Crippen LogP contribution in [0, 0.1) is 5.82 Å². The van der Waals surface area contributed by atoms with Gasteiger partial charge in [-0.15, -0.1) is 0 Å². The molecule has 1 amide bonds. The normalized spacial score (nSPS) is 10.7. The average molecular weight is 381 g/mol. The van der Waals surface area contributed by atoms with E-state index in [0.29, 0.717) is 6.54 Å². The van der Waals surface area contributed by atoms with Crippen LogP contribution in [0.25, 0.3) is 0 Å². The Balaban J connectivity index is 1.97. The number of carbonyl (C=O) groups is 1. The highest BCUT2D eigenvalue weighted by molar-refractivity contribution is 9.10. The third-order valence-electron chi connectivity index (χ3n) is 3.24. The number of halogens is 2. The Bertz CT molecular complexity index is 694. The zero-order chi connectivity index (χ0) is 16.8. The molecule has 0 saturated heterocycles. The zero-order valence-electron chi connectivity index (χ0n) is 13.0. The highest BCUT2D eigenvalue weighted by Crippen LogP contribution is 2.24. The van der Waals surface area contributed by atoms with Crippen molar-refractivity contribution < 1.29 is 13.9 Å². The average Bonchev–Trinajstić information content (AvgIpc) is 2.49. The molecule has 2 aromatic rings. The van der Waals surface area contributed by atoms with Crippen LogP contribution in [0.2, 0.25) is 0 Å². The molecule has 0 saturated carbocycles. The minimum absolute atomic E-state index is 0.143. The summed E-state index contributed by atoms with van der Waals surface area (Å²) in [4.78, 5) is 13.9. The molecule has 0 aliphatic heterocycles. The fraction of sp³-hybridized carbons (Fsp3) is 0.235. The summed E-state index contributed by atoms with van der Waals surface area (Å²) in [5, 5.41) is 2.57. The van der Waals surface area contributed by atoms with Crippen molar-refractivity contribution in [3.05, 3.63) is 58.3 Å². The molecule has 4 nitrogen and oxygen atoms in total. The molecule has 0 atom stereocenters. The number of anilines is 1. The molecule has 0 spiro atoms. The van der Waals surface area contributed by atoms with Crippen molar-refractivity contribution in [1.29, 1.82) is 0 Å². The summed E-state index contributed by atoms with van der Waals surface area (Å²) >= 11 is 3.42. The summed E-state index contributed by atoms with van der Waals surface area (Å²) in [5.74, 6) is 0.0401. The maximum atomic E-state index is 13.5. The molecule has 0 heterocycles. The maximum Gasteiger partial charge on any atom is 0.238 e. The van der Waals surface area contributed by atoms with E-state index in [2.05, 4.69) is 21.2 Å². The van der Waals surface area contributed by atoms with E-state index in [1.165, 1.54) is 12.1 Å². The second-order valence-electron chi connectivity index (χ2n) is 5.16. The van der Waals surface area contributed by atoms with Gasteiger partial charge in [0.25, 0.3) is 0 Å². The lowest BCUT2D eigenvalue weighted by Gasteiger charge is -2.18. The van der Waals surface area contributed by atoms with Gasteiger partial charge in [0.2, 0.25) is 5.91 Å². The van der Waals surface area contributed by atoms with E-state index in [9.17, 15) is 9.18 Å². The van der Waals surface area contributed by atoms with E-state index in [4.69, 9.17) is 4.74 Å². The summed E-state index contributed by atoms with van der Waals surface area (Å²) in [6.07, 6.45) is 0. The molecule has 0 radical (unpaired) electrons. The Morgan fingerprint density at radius 1 is 1.30 bits per heavy atom. The van der Waals surface area contributed by atoms with Gasteiger partial charge in [0.05, 0.1) is 19.3 Å². The number of amides is 1. The minimum Gasteiger partial charge on any atom is -0.496 e. The number of benzene rings is 2. The molecular formula is C17H18BrFN2O2. The summed E-state index contributed by atoms with van der Waals surface area (Å²) in [7, 11) is 3.43. The Morgan fingerprint density at radius 2 is 2.04 bits per heavy atom. The Hall–Kier alpha value is -1.92. The van der Waals surface area contributed by atoms with Crippen molar-refractivity contribution in [2.75, 3.05) is 26.0 Å². The van der Waals surface area contributed by atoms with Crippen LogP contribution in [0.4, 0.5) is 10.1 Å². The number of carbonyl (C=O) groups excluding carboxylic acids is 1. The van der Waals surface area contributed by atoms with Gasteiger partial charge in [-0.3, -0.25) is 9.69 Å². The van der Waals surface area contributed by atoms with Crippen molar-refractivity contribution >= 4 is 27.5 Å². The van der Waals surface area contributed by atoms with Gasteiger partial charge >= 0.3 is 0 Å². The Kier molecular flexibility index (Phi) is 6.12. The van der Waals surface area contributed by atoms with Crippen molar-refractivity contribution in [2.24, 2.45) is 0 Å². The van der Waals surface area contributed by atoms with Gasteiger partial charge in [-0.2, -0.15) is 0 Å². The number of nitrogens with one attached hydrogen (secondary N) is 1. The topological polar surface area (TPSA) is 41.6 Å². The maximum absolute atomic E-state index is 13.5. The lowest BCUT2D eigenvalue weighted by Crippen LogP contribution is -2.30. The van der Waals surface area contributed by atoms with Crippen molar-refractivity contribution in [2.45, 2.75) is 6.54 Å². The number of methoxy groups -OCH3 is 1. The Labute approximate surface area is 143 Å². The van der Waals surface area contributed by atoms with Crippen molar-refractivity contribution in [3.8, 4) is 5.75 Å². The largest absolute Gasteiger partial charge is 0.496 e. The molecule has 0 aliphatic rings. The minimum atomic E-state index is -0.447. The van der Waals surface area contributed by atoms with E-state index >= 15 is 0 Å². The van der Waals surface area contributed by atoms with E-state index in [1.54, 1.807) is 19.2 Å². The fourth-order valence-electron chi connectivity index (χ4n) is 2.21. The predicted molar refractivity (Wildman–Crippen MR) is 92.1 cm³/mol. The molecule has 0 aliphatic carbocycles. The number of hydrogen-bond acceptors (Lipinski definition) is 3. The van der Waals surface area contributed by atoms with E-state index in [1.807, 2.05) is 30.1 Å². The number of hydrogen-bond donors (Lipinski definition) is 1. The third kappa shape index (κ3) is 5.04. The van der Waals surface area contributed by atoms with Gasteiger partial charge < -0.3 is 10.1 Å². The first-order valence-corrected chi connectivity index (χ1v) is 7.84. The molecule has 0 fully saturated rings. The number of nitrogens with zero attached hydrogens (tertiary/aromatic N) is 1. The van der Waals surface area contributed by atoms with Crippen LogP contribution < -0.4 is 10.1 Å². The zero-order valence-corrected chi connectivity index (χ0v) is 14.6. The first-order chi connectivity index (χ1) is 11.0. The lowest BCUT2D eigenvalue weighted by molar-refractivity contribution is -0.117. The molecule has 6 heteroatoms. The van der Waals surface area contributed by atoms with Gasteiger partial charge in [-0.1, -0.05) is 28.1 Å². The van der Waals surface area contributed by atoms with Crippen molar-refractivity contribution in [1.82, 2.24) is 4.90 Å². The highest BCUT2D eigenvalue weighted by Gasteiger charge is 2.12. The lowest BCUT2D eigenvalue weighted by atomic mass is 10.2. The number of para-hydroxylation sites is 1. The first-order valence-electron chi connectivity index (χ1n) is 7.05. The SMILES string of the molecule is COc1ccc(Br)cc1CN(C)CC(=O)Nc1ccccc1F. The van der Waals surface area contributed by atoms with Crippen LogP contribution in [-0.4, -0.2) is 31.5 Å². The van der Waals surface area contributed by atoms with E-state index in [0.717, 1.165) is 15.8 Å². The molecule has 0 bridgehead atoms. The molecular weight excluding hydrogens is 363 g/mol.